The minimum atomic E-state index is 0.602. The second-order valence-electron chi connectivity index (χ2n) is 8.46. The van der Waals surface area contributed by atoms with Crippen LogP contribution in [0.5, 0.6) is 0 Å². The molecule has 3 heterocycles. The van der Waals surface area contributed by atoms with Crippen molar-refractivity contribution in [3.63, 3.8) is 0 Å². The van der Waals surface area contributed by atoms with E-state index in [0.29, 0.717) is 6.04 Å². The molecular weight excluding hydrogens is 390 g/mol. The average Bonchev–Trinajstić information content (AvgIpc) is 3.48. The van der Waals surface area contributed by atoms with Crippen LogP contribution in [0.15, 0.2) is 52.1 Å². The lowest BCUT2D eigenvalue weighted by Crippen LogP contribution is -2.46. The number of likely N-dealkylation sites (tertiary alicyclic amines) is 1. The highest BCUT2D eigenvalue weighted by atomic mass is 16.5. The van der Waals surface area contributed by atoms with Crippen LogP contribution in [0.3, 0.4) is 0 Å². The Morgan fingerprint density at radius 1 is 1.10 bits per heavy atom. The number of rotatable bonds is 7. The van der Waals surface area contributed by atoms with Crippen LogP contribution >= 0.6 is 0 Å². The number of nitrogens with one attached hydrogen (secondary N) is 1. The minimum absolute atomic E-state index is 0.602. The molecule has 1 aromatic carbocycles. The van der Waals surface area contributed by atoms with Crippen molar-refractivity contribution >= 4 is 5.96 Å². The van der Waals surface area contributed by atoms with Gasteiger partial charge in [0.2, 0.25) is 0 Å². The molecule has 1 N–H and O–H groups in total. The van der Waals surface area contributed by atoms with Gasteiger partial charge in [0.05, 0.1) is 26.0 Å². The first kappa shape index (κ1) is 21.9. The number of morpholine rings is 1. The van der Waals surface area contributed by atoms with Gasteiger partial charge in [-0.05, 0) is 36.7 Å². The van der Waals surface area contributed by atoms with Gasteiger partial charge in [-0.15, -0.1) is 0 Å². The monoisotopic (exact) mass is 425 g/mol. The van der Waals surface area contributed by atoms with Crippen molar-refractivity contribution in [1.29, 1.82) is 0 Å². The Hall–Kier alpha value is -2.35. The zero-order valence-corrected chi connectivity index (χ0v) is 18.8. The molecule has 4 rings (SSSR count). The fraction of sp³-hybridized carbons (Fsp3) is 0.542. The van der Waals surface area contributed by atoms with Gasteiger partial charge in [0.15, 0.2) is 5.96 Å². The first-order chi connectivity index (χ1) is 15.2. The first-order valence-corrected chi connectivity index (χ1v) is 11.3. The van der Waals surface area contributed by atoms with Gasteiger partial charge in [-0.25, -0.2) is 0 Å². The van der Waals surface area contributed by atoms with E-state index in [2.05, 4.69) is 56.3 Å². The van der Waals surface area contributed by atoms with Gasteiger partial charge in [0.25, 0.3) is 0 Å². The number of guanidine groups is 1. The lowest BCUT2D eigenvalue weighted by atomic mass is 10.1. The molecule has 2 aliphatic rings. The van der Waals surface area contributed by atoms with E-state index in [0.717, 1.165) is 70.7 Å². The summed E-state index contributed by atoms with van der Waals surface area (Å²) < 4.78 is 11.0. The van der Waals surface area contributed by atoms with Gasteiger partial charge in [-0.2, -0.15) is 0 Å². The van der Waals surface area contributed by atoms with Crippen LogP contribution in [0, 0.1) is 0 Å². The van der Waals surface area contributed by atoms with E-state index in [1.807, 2.05) is 19.2 Å². The lowest BCUT2D eigenvalue weighted by molar-refractivity contribution is 0.0195. The molecule has 2 fully saturated rings. The highest BCUT2D eigenvalue weighted by Gasteiger charge is 2.30. The quantitative estimate of drug-likeness (QED) is 0.543. The van der Waals surface area contributed by atoms with Crippen molar-refractivity contribution in [2.45, 2.75) is 32.1 Å². The molecular formula is C24H35N5O2. The van der Waals surface area contributed by atoms with Crippen molar-refractivity contribution in [3.8, 4) is 0 Å². The lowest BCUT2D eigenvalue weighted by Gasteiger charge is -2.32. The molecule has 2 aliphatic heterocycles. The number of benzene rings is 1. The summed E-state index contributed by atoms with van der Waals surface area (Å²) in [7, 11) is 4.01. The van der Waals surface area contributed by atoms with Crippen LogP contribution in [0.2, 0.25) is 0 Å². The van der Waals surface area contributed by atoms with E-state index in [1.54, 1.807) is 6.26 Å². The Balaban J connectivity index is 1.31. The third-order valence-electron chi connectivity index (χ3n) is 6.24. The molecule has 7 heteroatoms. The molecule has 7 nitrogen and oxygen atoms in total. The smallest absolute Gasteiger partial charge is 0.193 e. The fourth-order valence-corrected chi connectivity index (χ4v) is 4.58. The van der Waals surface area contributed by atoms with Crippen molar-refractivity contribution in [3.05, 3.63) is 59.5 Å². The highest BCUT2D eigenvalue weighted by molar-refractivity contribution is 5.80. The van der Waals surface area contributed by atoms with Gasteiger partial charge in [-0.3, -0.25) is 14.8 Å². The number of furan rings is 1. The van der Waals surface area contributed by atoms with Crippen molar-refractivity contribution in [1.82, 2.24) is 20.0 Å². The number of nitrogens with zero attached hydrogens (tertiary/aromatic N) is 4. The average molecular weight is 426 g/mol. The van der Waals surface area contributed by atoms with Crippen LogP contribution in [0.25, 0.3) is 0 Å². The molecule has 0 bridgehead atoms. The highest BCUT2D eigenvalue weighted by Crippen LogP contribution is 2.18. The molecule has 0 aliphatic carbocycles. The summed E-state index contributed by atoms with van der Waals surface area (Å²) >= 11 is 0. The predicted octanol–water partition coefficient (Wildman–Crippen LogP) is 2.39. The Bertz CT molecular complexity index is 832. The zero-order valence-electron chi connectivity index (χ0n) is 18.8. The van der Waals surface area contributed by atoms with Crippen molar-refractivity contribution in [2.75, 3.05) is 53.5 Å². The molecule has 0 radical (unpaired) electrons. The third-order valence-corrected chi connectivity index (χ3v) is 6.24. The maximum atomic E-state index is 5.51. The van der Waals surface area contributed by atoms with Crippen molar-refractivity contribution in [2.24, 2.45) is 4.99 Å². The van der Waals surface area contributed by atoms with Crippen LogP contribution in [0.4, 0.5) is 0 Å². The Labute approximate surface area is 185 Å². The van der Waals surface area contributed by atoms with Crippen LogP contribution < -0.4 is 5.32 Å². The zero-order chi connectivity index (χ0) is 21.5. The molecule has 0 spiro atoms. The standard InChI is InChI=1S/C24H35N5O2/c1-25-24(29-10-9-22(18-29)28-11-14-30-15-12-28)26-16-20-6-3-4-7-21(20)17-27(2)19-23-8-5-13-31-23/h3-8,13,22H,9-12,14-19H2,1-2H3,(H,25,26). The molecule has 0 saturated carbocycles. The SMILES string of the molecule is CN=C(NCc1ccccc1CN(C)Cc1ccco1)N1CCC(N2CCOCC2)C1. The predicted molar refractivity (Wildman–Crippen MR) is 123 cm³/mol. The van der Waals surface area contributed by atoms with Crippen LogP contribution in [-0.2, 0) is 24.4 Å². The topological polar surface area (TPSA) is 56.5 Å². The molecule has 2 saturated heterocycles. The molecule has 1 unspecified atom stereocenters. The number of hydrogen-bond donors (Lipinski definition) is 1. The number of aliphatic imine (C=N–C) groups is 1. The third kappa shape index (κ3) is 5.87. The Morgan fingerprint density at radius 3 is 2.65 bits per heavy atom. The normalized spacial score (nSPS) is 20.5. The van der Waals surface area contributed by atoms with Gasteiger partial charge in [-0.1, -0.05) is 24.3 Å². The van der Waals surface area contributed by atoms with Gasteiger partial charge in [0.1, 0.15) is 5.76 Å². The van der Waals surface area contributed by atoms with E-state index >= 15 is 0 Å². The van der Waals surface area contributed by atoms with E-state index < -0.39 is 0 Å². The Kier molecular flexibility index (Phi) is 7.61. The van der Waals surface area contributed by atoms with E-state index in [4.69, 9.17) is 9.15 Å². The molecule has 168 valence electrons. The minimum Gasteiger partial charge on any atom is -0.468 e. The summed E-state index contributed by atoms with van der Waals surface area (Å²) in [6.07, 6.45) is 2.92. The second-order valence-corrected chi connectivity index (χ2v) is 8.46. The fourth-order valence-electron chi connectivity index (χ4n) is 4.58. The maximum Gasteiger partial charge on any atom is 0.193 e. The van der Waals surface area contributed by atoms with Gasteiger partial charge < -0.3 is 19.4 Å². The largest absolute Gasteiger partial charge is 0.468 e. The number of ether oxygens (including phenoxy) is 1. The summed E-state index contributed by atoms with van der Waals surface area (Å²) in [6, 6.07) is 13.2. The number of hydrogen-bond acceptors (Lipinski definition) is 5. The van der Waals surface area contributed by atoms with E-state index in [-0.39, 0.29) is 0 Å². The van der Waals surface area contributed by atoms with Crippen LogP contribution in [0.1, 0.15) is 23.3 Å². The van der Waals surface area contributed by atoms with Crippen LogP contribution in [-0.4, -0.2) is 80.2 Å². The van der Waals surface area contributed by atoms with E-state index in [9.17, 15) is 0 Å². The summed E-state index contributed by atoms with van der Waals surface area (Å²) in [5.74, 6) is 1.98. The molecule has 2 aromatic rings. The van der Waals surface area contributed by atoms with Gasteiger partial charge in [0, 0.05) is 52.4 Å². The maximum absolute atomic E-state index is 5.51. The summed E-state index contributed by atoms with van der Waals surface area (Å²) in [4.78, 5) is 11.8. The molecule has 0 amide bonds. The summed E-state index contributed by atoms with van der Waals surface area (Å²) in [6.45, 7) is 8.34. The molecule has 31 heavy (non-hydrogen) atoms. The Morgan fingerprint density at radius 2 is 1.90 bits per heavy atom. The molecule has 1 aromatic heterocycles. The summed E-state index contributed by atoms with van der Waals surface area (Å²) in [5, 5.41) is 3.61. The van der Waals surface area contributed by atoms with Crippen molar-refractivity contribution < 1.29 is 9.15 Å². The first-order valence-electron chi connectivity index (χ1n) is 11.3. The summed E-state index contributed by atoms with van der Waals surface area (Å²) in [5.41, 5.74) is 2.63. The second kappa shape index (κ2) is 10.8. The molecule has 1 atom stereocenters. The van der Waals surface area contributed by atoms with E-state index in [1.165, 1.54) is 17.5 Å². The van der Waals surface area contributed by atoms with Gasteiger partial charge >= 0.3 is 0 Å².